The zero-order chi connectivity index (χ0) is 18.8. The highest BCUT2D eigenvalue weighted by atomic mass is 16.5. The molecule has 0 spiro atoms. The fourth-order valence-corrected chi connectivity index (χ4v) is 4.31. The van der Waals surface area contributed by atoms with Crippen LogP contribution in [-0.2, 0) is 4.74 Å². The highest BCUT2D eigenvalue weighted by Crippen LogP contribution is 2.24. The Morgan fingerprint density at radius 3 is 2.74 bits per heavy atom. The van der Waals surface area contributed by atoms with E-state index in [-0.39, 0.29) is 11.9 Å². The van der Waals surface area contributed by atoms with Crippen molar-refractivity contribution in [2.45, 2.75) is 38.6 Å². The molecule has 4 rings (SSSR count). The van der Waals surface area contributed by atoms with E-state index in [1.54, 1.807) is 13.0 Å². The lowest BCUT2D eigenvalue weighted by molar-refractivity contribution is 0.0520. The Morgan fingerprint density at radius 2 is 1.96 bits per heavy atom. The average Bonchev–Trinajstić information content (AvgIpc) is 3.41. The fourth-order valence-electron chi connectivity index (χ4n) is 4.31. The largest absolute Gasteiger partial charge is 0.461 e. The number of nitrogens with one attached hydrogen (secondary N) is 1. The predicted molar refractivity (Wildman–Crippen MR) is 104 cm³/mol. The Labute approximate surface area is 159 Å². The number of benzene rings is 1. The van der Waals surface area contributed by atoms with Gasteiger partial charge in [0.2, 0.25) is 0 Å². The minimum atomic E-state index is -0.369. The summed E-state index contributed by atoms with van der Waals surface area (Å²) in [6.07, 6.45) is 4.70. The molecule has 2 aliphatic heterocycles. The maximum atomic E-state index is 13.1. The summed E-state index contributed by atoms with van der Waals surface area (Å²) in [5.74, 6) is -0.274. The number of ether oxygens (including phenoxy) is 1. The van der Waals surface area contributed by atoms with Crippen LogP contribution in [0.15, 0.2) is 24.3 Å². The summed E-state index contributed by atoms with van der Waals surface area (Å²) in [4.78, 5) is 32.6. The number of likely N-dealkylation sites (tertiary alicyclic amines) is 2. The lowest BCUT2D eigenvalue weighted by atomic mass is 10.1. The van der Waals surface area contributed by atoms with Gasteiger partial charge in [0.05, 0.1) is 6.61 Å². The summed E-state index contributed by atoms with van der Waals surface area (Å²) < 4.78 is 5.04. The first-order chi connectivity index (χ1) is 13.2. The third-order valence-electron chi connectivity index (χ3n) is 5.67. The predicted octanol–water partition coefficient (Wildman–Crippen LogP) is 3.05. The van der Waals surface area contributed by atoms with Crippen molar-refractivity contribution in [1.82, 2.24) is 14.8 Å². The minimum absolute atomic E-state index is 0.0949. The molecule has 27 heavy (non-hydrogen) atoms. The van der Waals surface area contributed by atoms with Gasteiger partial charge < -0.3 is 19.5 Å². The Bertz CT molecular complexity index is 838. The number of amides is 1. The van der Waals surface area contributed by atoms with Crippen LogP contribution in [0.3, 0.4) is 0 Å². The number of fused-ring (bicyclic) bond motifs is 1. The van der Waals surface area contributed by atoms with E-state index >= 15 is 0 Å². The Kier molecular flexibility index (Phi) is 5.16. The molecule has 6 nitrogen and oxygen atoms in total. The summed E-state index contributed by atoms with van der Waals surface area (Å²) in [6, 6.07) is 7.67. The first-order valence-corrected chi connectivity index (χ1v) is 9.99. The zero-order valence-corrected chi connectivity index (χ0v) is 15.9. The summed E-state index contributed by atoms with van der Waals surface area (Å²) >= 11 is 0. The highest BCUT2D eigenvalue weighted by molar-refractivity contribution is 6.00. The third-order valence-corrected chi connectivity index (χ3v) is 5.67. The minimum Gasteiger partial charge on any atom is -0.461 e. The molecular weight excluding hydrogens is 342 g/mol. The number of hydrogen-bond donors (Lipinski definition) is 1. The van der Waals surface area contributed by atoms with Gasteiger partial charge in [-0.25, -0.2) is 4.79 Å². The van der Waals surface area contributed by atoms with Gasteiger partial charge in [-0.05, 0) is 70.0 Å². The summed E-state index contributed by atoms with van der Waals surface area (Å²) in [5.41, 5.74) is 1.94. The van der Waals surface area contributed by atoms with Crippen LogP contribution in [-0.4, -0.2) is 65.5 Å². The van der Waals surface area contributed by atoms with Crippen LogP contribution in [0.5, 0.6) is 0 Å². The van der Waals surface area contributed by atoms with Crippen LogP contribution in [0.25, 0.3) is 10.9 Å². The molecule has 0 unspecified atom stereocenters. The second-order valence-electron chi connectivity index (χ2n) is 7.51. The van der Waals surface area contributed by atoms with Gasteiger partial charge in [0.1, 0.15) is 5.69 Å². The molecule has 1 aromatic carbocycles. The second-order valence-corrected chi connectivity index (χ2v) is 7.51. The smallest absolute Gasteiger partial charge is 0.354 e. The number of nitrogens with zero attached hydrogens (tertiary/aromatic N) is 2. The number of rotatable bonds is 5. The van der Waals surface area contributed by atoms with Crippen LogP contribution < -0.4 is 0 Å². The van der Waals surface area contributed by atoms with Crippen LogP contribution >= 0.6 is 0 Å². The van der Waals surface area contributed by atoms with Crippen molar-refractivity contribution in [3.8, 4) is 0 Å². The molecule has 144 valence electrons. The molecule has 0 saturated carbocycles. The Morgan fingerprint density at radius 1 is 1.15 bits per heavy atom. The van der Waals surface area contributed by atoms with E-state index in [1.165, 1.54) is 12.8 Å². The highest BCUT2D eigenvalue weighted by Gasteiger charge is 2.31. The van der Waals surface area contributed by atoms with Gasteiger partial charge in [0, 0.05) is 35.6 Å². The lowest BCUT2D eigenvalue weighted by Gasteiger charge is -2.28. The fraction of sp³-hybridized carbons (Fsp3) is 0.524. The van der Waals surface area contributed by atoms with Crippen molar-refractivity contribution < 1.29 is 14.3 Å². The molecule has 3 heterocycles. The molecule has 2 aliphatic rings. The van der Waals surface area contributed by atoms with Crippen molar-refractivity contribution in [2.24, 2.45) is 0 Å². The molecular formula is C21H27N3O3. The number of aromatic amines is 1. The van der Waals surface area contributed by atoms with Crippen molar-refractivity contribution in [3.05, 3.63) is 35.5 Å². The first kappa shape index (κ1) is 18.0. The molecule has 2 aromatic rings. The van der Waals surface area contributed by atoms with Crippen molar-refractivity contribution >= 4 is 22.8 Å². The molecule has 1 N–H and O–H groups in total. The number of aromatic nitrogens is 1. The lowest BCUT2D eigenvalue weighted by Crippen LogP contribution is -2.42. The van der Waals surface area contributed by atoms with Gasteiger partial charge in [0.15, 0.2) is 0 Å². The molecule has 0 bridgehead atoms. The number of esters is 1. The number of H-pyrrole nitrogens is 1. The van der Waals surface area contributed by atoms with Crippen LogP contribution in [0.4, 0.5) is 0 Å². The average molecular weight is 369 g/mol. The Balaban J connectivity index is 1.52. The number of carbonyl (C=O) groups is 2. The maximum Gasteiger partial charge on any atom is 0.354 e. The van der Waals surface area contributed by atoms with Gasteiger partial charge in [0.25, 0.3) is 5.91 Å². The summed E-state index contributed by atoms with van der Waals surface area (Å²) in [5, 5.41) is 0.860. The van der Waals surface area contributed by atoms with E-state index < -0.39 is 0 Å². The van der Waals surface area contributed by atoms with Gasteiger partial charge in [-0.1, -0.05) is 0 Å². The van der Waals surface area contributed by atoms with E-state index in [0.29, 0.717) is 23.9 Å². The van der Waals surface area contributed by atoms with E-state index in [4.69, 9.17) is 4.74 Å². The van der Waals surface area contributed by atoms with E-state index in [0.717, 1.165) is 49.9 Å². The van der Waals surface area contributed by atoms with E-state index in [1.807, 2.05) is 23.1 Å². The second kappa shape index (κ2) is 7.72. The molecule has 1 atom stereocenters. The van der Waals surface area contributed by atoms with Gasteiger partial charge >= 0.3 is 5.97 Å². The SMILES string of the molecule is CCOC(=O)c1cc2cc(C(=O)N3CCC[C@@H]3CN3CCCC3)ccc2[nH]1. The maximum absolute atomic E-state index is 13.1. The Hall–Kier alpha value is -2.34. The normalized spacial score (nSPS) is 20.5. The van der Waals surface area contributed by atoms with Crippen molar-refractivity contribution in [2.75, 3.05) is 32.8 Å². The van der Waals surface area contributed by atoms with Gasteiger partial charge in [-0.15, -0.1) is 0 Å². The topological polar surface area (TPSA) is 65.6 Å². The van der Waals surface area contributed by atoms with E-state index in [9.17, 15) is 9.59 Å². The molecule has 2 saturated heterocycles. The summed E-state index contributed by atoms with van der Waals surface area (Å²) in [6.45, 7) is 6.26. The van der Waals surface area contributed by atoms with E-state index in [2.05, 4.69) is 9.88 Å². The van der Waals surface area contributed by atoms with Crippen LogP contribution in [0.1, 0.15) is 53.5 Å². The van der Waals surface area contributed by atoms with Gasteiger partial charge in [-0.2, -0.15) is 0 Å². The van der Waals surface area contributed by atoms with Crippen molar-refractivity contribution in [1.29, 1.82) is 0 Å². The third kappa shape index (κ3) is 3.72. The zero-order valence-electron chi connectivity index (χ0n) is 15.9. The standard InChI is InChI=1S/C21H27N3O3/c1-2-27-21(26)19-13-16-12-15(7-8-18(16)22-19)20(25)24-11-5-6-17(24)14-23-9-3-4-10-23/h7-8,12-13,17,22H,2-6,9-11,14H2,1H3/t17-/m1/s1. The first-order valence-electron chi connectivity index (χ1n) is 9.99. The van der Waals surface area contributed by atoms with Crippen molar-refractivity contribution in [3.63, 3.8) is 0 Å². The molecule has 0 aliphatic carbocycles. The number of carbonyl (C=O) groups excluding carboxylic acids is 2. The molecule has 0 radical (unpaired) electrons. The molecule has 1 aromatic heterocycles. The van der Waals surface area contributed by atoms with Gasteiger partial charge in [-0.3, -0.25) is 4.79 Å². The van der Waals surface area contributed by atoms with Crippen LogP contribution in [0, 0.1) is 0 Å². The summed E-state index contributed by atoms with van der Waals surface area (Å²) in [7, 11) is 0. The van der Waals surface area contributed by atoms with Crippen LogP contribution in [0.2, 0.25) is 0 Å². The molecule has 1 amide bonds. The molecule has 6 heteroatoms. The quantitative estimate of drug-likeness (QED) is 0.823. The monoisotopic (exact) mass is 369 g/mol. The molecule has 2 fully saturated rings. The number of hydrogen-bond acceptors (Lipinski definition) is 4.